The lowest BCUT2D eigenvalue weighted by Crippen LogP contribution is -2.17. The van der Waals surface area contributed by atoms with Crippen LogP contribution in [0.1, 0.15) is 12.8 Å². The van der Waals surface area contributed by atoms with E-state index < -0.39 is 0 Å². The third-order valence-electron chi connectivity index (χ3n) is 2.92. The molecule has 0 radical (unpaired) electrons. The molecule has 3 atom stereocenters. The van der Waals surface area contributed by atoms with Gasteiger partial charge in [0, 0.05) is 17.9 Å². The summed E-state index contributed by atoms with van der Waals surface area (Å²) in [6.07, 6.45) is 6.93. The van der Waals surface area contributed by atoms with Crippen molar-refractivity contribution in [1.82, 2.24) is 0 Å². The number of hydrogen-bond donors (Lipinski definition) is 1. The van der Waals surface area contributed by atoms with E-state index >= 15 is 0 Å². The molecule has 4 aliphatic rings. The highest BCUT2D eigenvalue weighted by Crippen LogP contribution is 2.69. The Bertz CT molecular complexity index is 249. The third kappa shape index (κ3) is 0.477. The minimum Gasteiger partial charge on any atom is -0.324 e. The molecule has 1 fully saturated rings. The quantitative estimate of drug-likeness (QED) is 0.494. The van der Waals surface area contributed by atoms with E-state index in [1.807, 2.05) is 0 Å². The zero-order valence-electron chi connectivity index (χ0n) is 5.88. The monoisotopic (exact) mass is 133 g/mol. The molecular weight excluding hydrogens is 122 g/mol. The van der Waals surface area contributed by atoms with Gasteiger partial charge in [0.15, 0.2) is 0 Å². The van der Waals surface area contributed by atoms with Crippen molar-refractivity contribution >= 4 is 0 Å². The molecule has 2 N–H and O–H groups in total. The summed E-state index contributed by atoms with van der Waals surface area (Å²) in [5, 5.41) is 0. The molecule has 0 heterocycles. The van der Waals surface area contributed by atoms with Crippen molar-refractivity contribution < 1.29 is 0 Å². The van der Waals surface area contributed by atoms with E-state index in [1.165, 1.54) is 12.8 Å². The van der Waals surface area contributed by atoms with Gasteiger partial charge in [-0.25, -0.2) is 0 Å². The van der Waals surface area contributed by atoms with E-state index in [2.05, 4.69) is 12.2 Å². The Labute approximate surface area is 60.6 Å². The zero-order chi connectivity index (χ0) is 6.72. The highest BCUT2D eigenvalue weighted by molar-refractivity contribution is 5.62. The Morgan fingerprint density at radius 3 is 3.00 bits per heavy atom. The second-order valence-electron chi connectivity index (χ2n) is 3.57. The molecule has 1 saturated carbocycles. The number of nitrogens with two attached hydrogens (primary N) is 1. The van der Waals surface area contributed by atoms with Crippen molar-refractivity contribution in [2.24, 2.45) is 17.6 Å². The van der Waals surface area contributed by atoms with Crippen molar-refractivity contribution in [2.75, 3.05) is 0 Å². The van der Waals surface area contributed by atoms with Gasteiger partial charge in [-0.1, -0.05) is 23.3 Å². The standard InChI is InChI=1S/C9H11N/c10-5-1-3-6-8-7(4-2-5)9(6)8/h1,3,5-6,8H,2,4,10H2/b3-1-. The summed E-state index contributed by atoms with van der Waals surface area (Å²) >= 11 is 0. The van der Waals surface area contributed by atoms with E-state index in [9.17, 15) is 0 Å². The second-order valence-corrected chi connectivity index (χ2v) is 3.57. The smallest absolute Gasteiger partial charge is 0.0226 e. The van der Waals surface area contributed by atoms with Gasteiger partial charge in [-0.3, -0.25) is 0 Å². The van der Waals surface area contributed by atoms with Crippen molar-refractivity contribution in [2.45, 2.75) is 18.9 Å². The summed E-state index contributed by atoms with van der Waals surface area (Å²) in [6, 6.07) is 0.332. The molecule has 3 unspecified atom stereocenters. The van der Waals surface area contributed by atoms with Crippen molar-refractivity contribution in [3.8, 4) is 0 Å². The van der Waals surface area contributed by atoms with Crippen molar-refractivity contribution in [1.29, 1.82) is 0 Å². The van der Waals surface area contributed by atoms with Crippen LogP contribution in [0.3, 0.4) is 0 Å². The third-order valence-corrected chi connectivity index (χ3v) is 2.92. The molecule has 10 heavy (non-hydrogen) atoms. The van der Waals surface area contributed by atoms with Crippen LogP contribution in [0.25, 0.3) is 0 Å². The molecule has 0 saturated heterocycles. The Morgan fingerprint density at radius 1 is 1.40 bits per heavy atom. The van der Waals surface area contributed by atoms with E-state index in [0.29, 0.717) is 6.04 Å². The average molecular weight is 133 g/mol. The van der Waals surface area contributed by atoms with Crippen LogP contribution >= 0.6 is 0 Å². The molecule has 0 aliphatic heterocycles. The van der Waals surface area contributed by atoms with Crippen LogP contribution in [-0.2, 0) is 0 Å². The average Bonchev–Trinajstić information content (AvgIpc) is 2.66. The Hall–Kier alpha value is -0.560. The molecule has 1 heteroatoms. The maximum Gasteiger partial charge on any atom is 0.0226 e. The van der Waals surface area contributed by atoms with Crippen LogP contribution in [0.15, 0.2) is 23.3 Å². The molecule has 52 valence electrons. The predicted octanol–water partition coefficient (Wildman–Crippen LogP) is 1.22. The Kier molecular flexibility index (Phi) is 0.706. The molecule has 4 rings (SSSR count). The summed E-state index contributed by atoms with van der Waals surface area (Å²) in [7, 11) is 0. The summed E-state index contributed by atoms with van der Waals surface area (Å²) in [5.41, 5.74) is 9.28. The van der Waals surface area contributed by atoms with Crippen LogP contribution < -0.4 is 5.73 Å². The first-order valence-corrected chi connectivity index (χ1v) is 4.04. The lowest BCUT2D eigenvalue weighted by atomic mass is 9.99. The summed E-state index contributed by atoms with van der Waals surface area (Å²) < 4.78 is 0. The first-order valence-electron chi connectivity index (χ1n) is 4.04. The van der Waals surface area contributed by atoms with E-state index in [4.69, 9.17) is 5.73 Å². The molecule has 2 bridgehead atoms. The highest BCUT2D eigenvalue weighted by atomic mass is 14.7. The summed E-state index contributed by atoms with van der Waals surface area (Å²) in [5.74, 6) is 1.80. The molecule has 4 aliphatic carbocycles. The van der Waals surface area contributed by atoms with Gasteiger partial charge in [0.1, 0.15) is 0 Å². The minimum atomic E-state index is 0.332. The first kappa shape index (κ1) is 5.14. The molecule has 0 aromatic rings. The van der Waals surface area contributed by atoms with E-state index in [0.717, 1.165) is 11.8 Å². The van der Waals surface area contributed by atoms with Gasteiger partial charge < -0.3 is 5.73 Å². The topological polar surface area (TPSA) is 26.0 Å². The number of rotatable bonds is 0. The number of allylic oxidation sites excluding steroid dienone is 3. The zero-order valence-corrected chi connectivity index (χ0v) is 5.88. The van der Waals surface area contributed by atoms with Gasteiger partial charge in [-0.15, -0.1) is 0 Å². The van der Waals surface area contributed by atoms with Gasteiger partial charge in [-0.05, 0) is 12.8 Å². The van der Waals surface area contributed by atoms with Crippen LogP contribution in [0, 0.1) is 11.8 Å². The SMILES string of the molecule is NC1/C=C\C2C3=C(CC1)C32. The maximum absolute atomic E-state index is 5.79. The maximum atomic E-state index is 5.79. The lowest BCUT2D eigenvalue weighted by Gasteiger charge is -2.10. The lowest BCUT2D eigenvalue weighted by molar-refractivity contribution is 0.677. The molecule has 0 amide bonds. The Balaban J connectivity index is 1.88. The molecule has 0 aromatic heterocycles. The van der Waals surface area contributed by atoms with Gasteiger partial charge in [0.05, 0.1) is 0 Å². The van der Waals surface area contributed by atoms with Gasteiger partial charge in [0.25, 0.3) is 0 Å². The summed E-state index contributed by atoms with van der Waals surface area (Å²) in [4.78, 5) is 0. The van der Waals surface area contributed by atoms with Gasteiger partial charge in [-0.2, -0.15) is 0 Å². The molecule has 0 aromatic carbocycles. The van der Waals surface area contributed by atoms with E-state index in [1.54, 1.807) is 11.1 Å². The fraction of sp³-hybridized carbons (Fsp3) is 0.556. The molecule has 0 spiro atoms. The normalized spacial score (nSPS) is 51.1. The number of fused-ring (bicyclic) bond motifs is 3. The predicted molar refractivity (Wildman–Crippen MR) is 40.4 cm³/mol. The Morgan fingerprint density at radius 2 is 2.20 bits per heavy atom. The van der Waals surface area contributed by atoms with Crippen LogP contribution in [0.5, 0.6) is 0 Å². The van der Waals surface area contributed by atoms with Crippen LogP contribution in [0.4, 0.5) is 0 Å². The fourth-order valence-corrected chi connectivity index (χ4v) is 2.12. The fourth-order valence-electron chi connectivity index (χ4n) is 2.12. The minimum absolute atomic E-state index is 0.332. The van der Waals surface area contributed by atoms with Crippen LogP contribution in [-0.4, -0.2) is 6.04 Å². The van der Waals surface area contributed by atoms with Crippen LogP contribution in [0.2, 0.25) is 0 Å². The van der Waals surface area contributed by atoms with Gasteiger partial charge >= 0.3 is 0 Å². The molecular formula is C9H11N. The van der Waals surface area contributed by atoms with Crippen molar-refractivity contribution in [3.05, 3.63) is 23.3 Å². The summed E-state index contributed by atoms with van der Waals surface area (Å²) in [6.45, 7) is 0. The van der Waals surface area contributed by atoms with Crippen molar-refractivity contribution in [3.63, 3.8) is 0 Å². The largest absolute Gasteiger partial charge is 0.324 e. The second kappa shape index (κ2) is 1.37. The molecule has 1 nitrogen and oxygen atoms in total. The van der Waals surface area contributed by atoms with Gasteiger partial charge in [0.2, 0.25) is 0 Å². The first-order chi connectivity index (χ1) is 4.88. The highest BCUT2D eigenvalue weighted by Gasteiger charge is 2.59. The van der Waals surface area contributed by atoms with E-state index in [-0.39, 0.29) is 0 Å². The number of hydrogen-bond acceptors (Lipinski definition) is 1.